The van der Waals surface area contributed by atoms with Crippen molar-refractivity contribution in [3.05, 3.63) is 59.4 Å². The number of nitrogens with zero attached hydrogens (tertiary/aromatic N) is 1. The normalized spacial score (nSPS) is 10.2. The summed E-state index contributed by atoms with van der Waals surface area (Å²) >= 11 is 0. The van der Waals surface area contributed by atoms with E-state index < -0.39 is 5.97 Å². The molecule has 104 valence electrons. The summed E-state index contributed by atoms with van der Waals surface area (Å²) in [5.74, 6) is -0.361. The molecule has 0 saturated carbocycles. The lowest BCUT2D eigenvalue weighted by Gasteiger charge is -2.07. The predicted molar refractivity (Wildman–Crippen MR) is 72.8 cm³/mol. The SMILES string of the molecule is O=C(O)c1cc(COc2ccc(CCO)cc2)ccn1. The summed E-state index contributed by atoms with van der Waals surface area (Å²) in [6.07, 6.45) is 2.07. The Morgan fingerprint density at radius 2 is 1.90 bits per heavy atom. The van der Waals surface area contributed by atoms with E-state index in [2.05, 4.69) is 4.98 Å². The quantitative estimate of drug-likeness (QED) is 0.840. The molecule has 1 heterocycles. The number of benzene rings is 1. The molecular weight excluding hydrogens is 258 g/mol. The van der Waals surface area contributed by atoms with Gasteiger partial charge >= 0.3 is 5.97 Å². The van der Waals surface area contributed by atoms with Gasteiger partial charge in [0.2, 0.25) is 0 Å². The number of aliphatic hydroxyl groups excluding tert-OH is 1. The number of carboxylic acid groups (broad SMARTS) is 1. The maximum absolute atomic E-state index is 10.8. The van der Waals surface area contributed by atoms with Crippen LogP contribution in [0.5, 0.6) is 5.75 Å². The number of pyridine rings is 1. The fraction of sp³-hybridized carbons (Fsp3) is 0.200. The minimum absolute atomic E-state index is 0.00407. The highest BCUT2D eigenvalue weighted by Gasteiger charge is 2.05. The molecule has 0 amide bonds. The molecule has 0 atom stereocenters. The van der Waals surface area contributed by atoms with Gasteiger partial charge in [-0.15, -0.1) is 0 Å². The Hall–Kier alpha value is -2.40. The number of hydrogen-bond acceptors (Lipinski definition) is 4. The average molecular weight is 273 g/mol. The van der Waals surface area contributed by atoms with Crippen LogP contribution in [0.15, 0.2) is 42.6 Å². The number of carbonyl (C=O) groups is 1. The molecule has 0 fully saturated rings. The van der Waals surface area contributed by atoms with Gasteiger partial charge in [0.05, 0.1) is 0 Å². The molecule has 5 heteroatoms. The molecule has 0 radical (unpaired) electrons. The number of aromatic carboxylic acids is 1. The topological polar surface area (TPSA) is 79.7 Å². The third-order valence-corrected chi connectivity index (χ3v) is 2.77. The van der Waals surface area contributed by atoms with Crippen molar-refractivity contribution in [2.24, 2.45) is 0 Å². The first-order valence-corrected chi connectivity index (χ1v) is 6.20. The van der Waals surface area contributed by atoms with Crippen LogP contribution in [0.1, 0.15) is 21.6 Å². The largest absolute Gasteiger partial charge is 0.489 e. The van der Waals surface area contributed by atoms with Gasteiger partial charge < -0.3 is 14.9 Å². The fourth-order valence-corrected chi connectivity index (χ4v) is 1.73. The summed E-state index contributed by atoms with van der Waals surface area (Å²) in [5, 5.41) is 17.7. The molecule has 1 aromatic carbocycles. The zero-order valence-electron chi connectivity index (χ0n) is 10.8. The smallest absolute Gasteiger partial charge is 0.354 e. The Balaban J connectivity index is 1.97. The first kappa shape index (κ1) is 14.0. The Kier molecular flexibility index (Phi) is 4.68. The van der Waals surface area contributed by atoms with Crippen molar-refractivity contribution in [1.82, 2.24) is 4.98 Å². The maximum atomic E-state index is 10.8. The molecule has 5 nitrogen and oxygen atoms in total. The Morgan fingerprint density at radius 3 is 2.55 bits per heavy atom. The Bertz CT molecular complexity index is 581. The highest BCUT2D eigenvalue weighted by Crippen LogP contribution is 2.14. The maximum Gasteiger partial charge on any atom is 0.354 e. The number of hydrogen-bond donors (Lipinski definition) is 2. The van der Waals surface area contributed by atoms with Gasteiger partial charge in [-0.3, -0.25) is 0 Å². The van der Waals surface area contributed by atoms with E-state index >= 15 is 0 Å². The molecule has 1 aromatic heterocycles. The molecule has 0 aliphatic rings. The van der Waals surface area contributed by atoms with Gasteiger partial charge in [-0.1, -0.05) is 12.1 Å². The molecule has 2 aromatic rings. The lowest BCUT2D eigenvalue weighted by Crippen LogP contribution is -2.03. The lowest BCUT2D eigenvalue weighted by molar-refractivity contribution is 0.0690. The number of aliphatic hydroxyl groups is 1. The first-order valence-electron chi connectivity index (χ1n) is 6.20. The Morgan fingerprint density at radius 1 is 1.15 bits per heavy atom. The van der Waals surface area contributed by atoms with E-state index in [1.807, 2.05) is 24.3 Å². The molecular formula is C15H15NO4. The summed E-state index contributed by atoms with van der Waals surface area (Å²) < 4.78 is 5.58. The van der Waals surface area contributed by atoms with Crippen molar-refractivity contribution >= 4 is 5.97 Å². The molecule has 0 aliphatic carbocycles. The number of aromatic nitrogens is 1. The number of ether oxygens (including phenoxy) is 1. The van der Waals surface area contributed by atoms with Crippen LogP contribution >= 0.6 is 0 Å². The van der Waals surface area contributed by atoms with Crippen LogP contribution in [0.25, 0.3) is 0 Å². The third kappa shape index (κ3) is 3.80. The van der Waals surface area contributed by atoms with Crippen molar-refractivity contribution in [1.29, 1.82) is 0 Å². The van der Waals surface area contributed by atoms with Gasteiger partial charge in [0.25, 0.3) is 0 Å². The van der Waals surface area contributed by atoms with Gasteiger partial charge in [-0.05, 0) is 41.8 Å². The van der Waals surface area contributed by atoms with Crippen LogP contribution < -0.4 is 4.74 Å². The molecule has 0 bridgehead atoms. The summed E-state index contributed by atoms with van der Waals surface area (Å²) in [4.78, 5) is 14.5. The molecule has 20 heavy (non-hydrogen) atoms. The van der Waals surface area contributed by atoms with Crippen LogP contribution in [0.2, 0.25) is 0 Å². The first-order chi connectivity index (χ1) is 9.69. The van der Waals surface area contributed by atoms with E-state index in [1.54, 1.807) is 6.07 Å². The van der Waals surface area contributed by atoms with Crippen LogP contribution in [0.3, 0.4) is 0 Å². The molecule has 2 N–H and O–H groups in total. The molecule has 0 aliphatic heterocycles. The monoisotopic (exact) mass is 273 g/mol. The highest BCUT2D eigenvalue weighted by atomic mass is 16.5. The summed E-state index contributed by atoms with van der Waals surface area (Å²) in [6.45, 7) is 0.400. The molecule has 0 spiro atoms. The van der Waals surface area contributed by atoms with Gasteiger partial charge in [0.15, 0.2) is 0 Å². The minimum atomic E-state index is -1.06. The van der Waals surface area contributed by atoms with Crippen LogP contribution in [0, 0.1) is 0 Å². The predicted octanol–water partition coefficient (Wildman–Crippen LogP) is 1.89. The van der Waals surface area contributed by atoms with E-state index in [0.29, 0.717) is 12.2 Å². The van der Waals surface area contributed by atoms with Gasteiger partial charge in [-0.2, -0.15) is 0 Å². The van der Waals surface area contributed by atoms with Crippen LogP contribution in [-0.4, -0.2) is 27.8 Å². The van der Waals surface area contributed by atoms with E-state index in [9.17, 15) is 4.79 Å². The van der Waals surface area contributed by atoms with E-state index in [0.717, 1.165) is 11.1 Å². The molecule has 2 rings (SSSR count). The Labute approximate surface area is 116 Å². The fourth-order valence-electron chi connectivity index (χ4n) is 1.73. The third-order valence-electron chi connectivity index (χ3n) is 2.77. The molecule has 0 saturated heterocycles. The van der Waals surface area contributed by atoms with Crippen molar-refractivity contribution < 1.29 is 19.7 Å². The van der Waals surface area contributed by atoms with Gasteiger partial charge in [0, 0.05) is 12.8 Å². The van der Waals surface area contributed by atoms with Gasteiger partial charge in [0.1, 0.15) is 18.1 Å². The van der Waals surface area contributed by atoms with E-state index in [4.69, 9.17) is 14.9 Å². The van der Waals surface area contributed by atoms with Crippen molar-refractivity contribution in [3.63, 3.8) is 0 Å². The average Bonchev–Trinajstić information content (AvgIpc) is 2.47. The second kappa shape index (κ2) is 6.68. The highest BCUT2D eigenvalue weighted by molar-refractivity contribution is 5.85. The standard InChI is InChI=1S/C15H15NO4/c17-8-6-11-1-3-13(4-2-11)20-10-12-5-7-16-14(9-12)15(18)19/h1-5,7,9,17H,6,8,10H2,(H,18,19). The van der Waals surface area contributed by atoms with Crippen LogP contribution in [0.4, 0.5) is 0 Å². The van der Waals surface area contributed by atoms with Crippen molar-refractivity contribution in [2.75, 3.05) is 6.61 Å². The zero-order valence-corrected chi connectivity index (χ0v) is 10.8. The van der Waals surface area contributed by atoms with Gasteiger partial charge in [-0.25, -0.2) is 9.78 Å². The summed E-state index contributed by atoms with van der Waals surface area (Å²) in [6, 6.07) is 10.6. The summed E-state index contributed by atoms with van der Waals surface area (Å²) in [7, 11) is 0. The molecule has 0 unspecified atom stereocenters. The van der Waals surface area contributed by atoms with Crippen LogP contribution in [-0.2, 0) is 13.0 Å². The number of rotatable bonds is 6. The lowest BCUT2D eigenvalue weighted by atomic mass is 10.1. The summed E-state index contributed by atoms with van der Waals surface area (Å²) in [5.41, 5.74) is 1.79. The second-order valence-corrected chi connectivity index (χ2v) is 4.26. The zero-order chi connectivity index (χ0) is 14.4. The van der Waals surface area contributed by atoms with E-state index in [-0.39, 0.29) is 18.9 Å². The van der Waals surface area contributed by atoms with Crippen molar-refractivity contribution in [2.45, 2.75) is 13.0 Å². The van der Waals surface area contributed by atoms with Crippen molar-refractivity contribution in [3.8, 4) is 5.75 Å². The number of carboxylic acids is 1. The minimum Gasteiger partial charge on any atom is -0.489 e. The second-order valence-electron chi connectivity index (χ2n) is 4.26. The van der Waals surface area contributed by atoms with E-state index in [1.165, 1.54) is 12.3 Å².